The molecular weight excluding hydrogens is 382 g/mol. The minimum atomic E-state index is -0.828. The Bertz CT molecular complexity index is 706. The Morgan fingerprint density at radius 3 is 2.88 bits per heavy atom. The summed E-state index contributed by atoms with van der Waals surface area (Å²) in [7, 11) is 0. The van der Waals surface area contributed by atoms with Crippen LogP contribution in [0.1, 0.15) is 32.6 Å². The van der Waals surface area contributed by atoms with E-state index in [1.165, 1.54) is 0 Å². The highest BCUT2D eigenvalue weighted by Crippen LogP contribution is 2.41. The molecule has 0 saturated carbocycles. The number of hydrogen-bond donors (Lipinski definition) is 1. The Morgan fingerprint density at radius 2 is 2.15 bits per heavy atom. The van der Waals surface area contributed by atoms with Gasteiger partial charge in [0, 0.05) is 30.8 Å². The number of halogens is 3. The van der Waals surface area contributed by atoms with E-state index in [9.17, 15) is 8.78 Å². The quantitative estimate of drug-likeness (QED) is 0.603. The number of rotatable bonds is 5. The molecule has 0 bridgehead atoms. The van der Waals surface area contributed by atoms with Crippen LogP contribution < -0.4 is 9.64 Å². The van der Waals surface area contributed by atoms with E-state index in [4.69, 9.17) is 16.3 Å². The van der Waals surface area contributed by atoms with Gasteiger partial charge in [0.1, 0.15) is 12.8 Å². The maximum Gasteiger partial charge on any atom is 0.320 e. The average molecular weight is 405 g/mol. The zero-order valence-corrected chi connectivity index (χ0v) is 16.4. The van der Waals surface area contributed by atoms with Crippen molar-refractivity contribution < 1.29 is 13.5 Å². The molecule has 0 spiro atoms. The number of nitrogens with zero attached hydrogens (tertiary/aromatic N) is 4. The molecule has 9 heteroatoms. The van der Waals surface area contributed by atoms with E-state index in [0.717, 1.165) is 25.8 Å². The zero-order valence-electron chi connectivity index (χ0n) is 14.7. The Balaban J connectivity index is 1.49. The number of alkyl halides is 1. The highest BCUT2D eigenvalue weighted by molar-refractivity contribution is 7.82. The predicted octanol–water partition coefficient (Wildman–Crippen LogP) is 3.12. The minimum absolute atomic E-state index is 0.0445. The fourth-order valence-electron chi connectivity index (χ4n) is 4.35. The lowest BCUT2D eigenvalue weighted by Crippen LogP contribution is -2.58. The third-order valence-corrected chi connectivity index (χ3v) is 6.78. The molecule has 3 fully saturated rings. The topological polar surface area (TPSA) is 41.5 Å². The SMILES string of the molecule is CCC1(S)CN(c2nc(OC[C@@]34CCCN3C[C@H](F)C4)nc(Cl)c2F)C1. The van der Waals surface area contributed by atoms with Gasteiger partial charge in [0.25, 0.3) is 0 Å². The van der Waals surface area contributed by atoms with E-state index in [2.05, 4.69) is 34.4 Å². The van der Waals surface area contributed by atoms with Crippen molar-refractivity contribution in [2.75, 3.05) is 37.7 Å². The lowest BCUT2D eigenvalue weighted by molar-refractivity contribution is 0.107. The monoisotopic (exact) mass is 404 g/mol. The van der Waals surface area contributed by atoms with Crippen molar-refractivity contribution in [3.8, 4) is 6.01 Å². The molecule has 144 valence electrons. The van der Waals surface area contributed by atoms with Crippen LogP contribution in [-0.2, 0) is 0 Å². The number of anilines is 1. The van der Waals surface area contributed by atoms with Crippen LogP contribution in [0.25, 0.3) is 0 Å². The van der Waals surface area contributed by atoms with E-state index in [-0.39, 0.29) is 27.3 Å². The van der Waals surface area contributed by atoms with Crippen molar-refractivity contribution in [2.45, 2.75) is 49.1 Å². The third-order valence-electron chi connectivity index (χ3n) is 5.93. The van der Waals surface area contributed by atoms with Crippen LogP contribution >= 0.6 is 24.2 Å². The van der Waals surface area contributed by atoms with Gasteiger partial charge in [-0.3, -0.25) is 4.90 Å². The Labute approximate surface area is 162 Å². The summed E-state index contributed by atoms with van der Waals surface area (Å²) in [5.74, 6) is -0.496. The Morgan fingerprint density at radius 1 is 1.38 bits per heavy atom. The highest BCUT2D eigenvalue weighted by Gasteiger charge is 2.49. The van der Waals surface area contributed by atoms with Crippen molar-refractivity contribution in [3.05, 3.63) is 11.0 Å². The summed E-state index contributed by atoms with van der Waals surface area (Å²) < 4.78 is 33.9. The maximum absolute atomic E-state index is 14.4. The van der Waals surface area contributed by atoms with Crippen LogP contribution in [0, 0.1) is 5.82 Å². The largest absolute Gasteiger partial charge is 0.461 e. The van der Waals surface area contributed by atoms with Crippen LogP contribution in [0.2, 0.25) is 5.15 Å². The average Bonchev–Trinajstić information content (AvgIpc) is 3.09. The van der Waals surface area contributed by atoms with E-state index < -0.39 is 12.0 Å². The Hall–Kier alpha value is -0.860. The first kappa shape index (κ1) is 18.5. The molecule has 0 amide bonds. The van der Waals surface area contributed by atoms with Gasteiger partial charge < -0.3 is 9.64 Å². The summed E-state index contributed by atoms with van der Waals surface area (Å²) in [6, 6.07) is 0.0445. The van der Waals surface area contributed by atoms with Gasteiger partial charge in [-0.1, -0.05) is 18.5 Å². The molecule has 2 atom stereocenters. The van der Waals surface area contributed by atoms with Gasteiger partial charge in [0.05, 0.1) is 5.54 Å². The first-order valence-electron chi connectivity index (χ1n) is 9.06. The van der Waals surface area contributed by atoms with Crippen molar-refractivity contribution in [3.63, 3.8) is 0 Å². The van der Waals surface area contributed by atoms with Gasteiger partial charge in [-0.25, -0.2) is 4.39 Å². The Kier molecular flexibility index (Phi) is 4.72. The fraction of sp³-hybridized carbons (Fsp3) is 0.765. The van der Waals surface area contributed by atoms with Crippen LogP contribution in [-0.4, -0.2) is 64.1 Å². The maximum atomic E-state index is 14.4. The normalized spacial score (nSPS) is 30.3. The van der Waals surface area contributed by atoms with E-state index >= 15 is 0 Å². The van der Waals surface area contributed by atoms with Crippen LogP contribution in [0.4, 0.5) is 14.6 Å². The molecule has 4 rings (SSSR count). The number of ether oxygens (including phenoxy) is 1. The van der Waals surface area contributed by atoms with Gasteiger partial charge in [-0.05, 0) is 25.8 Å². The molecule has 4 heterocycles. The summed E-state index contributed by atoms with van der Waals surface area (Å²) in [5.41, 5.74) is -0.303. The van der Waals surface area contributed by atoms with Crippen molar-refractivity contribution in [2.24, 2.45) is 0 Å². The summed E-state index contributed by atoms with van der Waals surface area (Å²) >= 11 is 10.6. The third kappa shape index (κ3) is 3.14. The van der Waals surface area contributed by atoms with Crippen molar-refractivity contribution in [1.29, 1.82) is 0 Å². The molecule has 3 aliphatic heterocycles. The molecule has 0 aromatic carbocycles. The van der Waals surface area contributed by atoms with Gasteiger partial charge >= 0.3 is 6.01 Å². The van der Waals surface area contributed by atoms with Gasteiger partial charge in [0.15, 0.2) is 11.0 Å². The van der Waals surface area contributed by atoms with Crippen molar-refractivity contribution >= 4 is 30.0 Å². The minimum Gasteiger partial charge on any atom is -0.461 e. The first-order chi connectivity index (χ1) is 12.3. The van der Waals surface area contributed by atoms with E-state index in [1.54, 1.807) is 4.90 Å². The number of aromatic nitrogens is 2. The number of hydrogen-bond acceptors (Lipinski definition) is 6. The molecule has 1 aromatic rings. The van der Waals surface area contributed by atoms with Crippen LogP contribution in [0.15, 0.2) is 0 Å². The molecule has 0 aliphatic carbocycles. The molecule has 0 radical (unpaired) electrons. The second kappa shape index (κ2) is 6.63. The standard InChI is InChI=1S/C17H23ClF2N4OS/c1-2-17(26)8-23(9-17)14-12(20)13(18)21-15(22-14)25-10-16-4-3-5-24(16)7-11(19)6-16/h11,26H,2-10H2,1H3/t11-,16+/m1/s1. The smallest absolute Gasteiger partial charge is 0.320 e. The molecule has 3 aliphatic rings. The summed E-state index contributed by atoms with van der Waals surface area (Å²) in [5, 5.41) is -0.256. The van der Waals surface area contributed by atoms with E-state index in [1.807, 2.05) is 0 Å². The van der Waals surface area contributed by atoms with Gasteiger partial charge in [0.2, 0.25) is 5.82 Å². The van der Waals surface area contributed by atoms with Crippen LogP contribution in [0.3, 0.4) is 0 Å². The molecule has 26 heavy (non-hydrogen) atoms. The first-order valence-corrected chi connectivity index (χ1v) is 9.89. The number of thiol groups is 1. The lowest BCUT2D eigenvalue weighted by atomic mass is 9.95. The summed E-state index contributed by atoms with van der Waals surface area (Å²) in [6.45, 7) is 4.87. The van der Waals surface area contributed by atoms with Gasteiger partial charge in [-0.2, -0.15) is 27.0 Å². The second-order valence-corrected chi connectivity index (χ2v) is 9.04. The number of fused-ring (bicyclic) bond motifs is 1. The molecule has 0 N–H and O–H groups in total. The molecular formula is C17H23ClF2N4OS. The van der Waals surface area contributed by atoms with Crippen LogP contribution in [0.5, 0.6) is 6.01 Å². The molecule has 0 unspecified atom stereocenters. The second-order valence-electron chi connectivity index (χ2n) is 7.73. The molecule has 5 nitrogen and oxygen atoms in total. The predicted molar refractivity (Wildman–Crippen MR) is 99.8 cm³/mol. The summed E-state index contributed by atoms with van der Waals surface area (Å²) in [4.78, 5) is 12.1. The molecule has 1 aromatic heterocycles. The van der Waals surface area contributed by atoms with E-state index in [0.29, 0.717) is 32.7 Å². The molecule has 3 saturated heterocycles. The highest BCUT2D eigenvalue weighted by atomic mass is 35.5. The fourth-order valence-corrected chi connectivity index (χ4v) is 4.85. The summed E-state index contributed by atoms with van der Waals surface area (Å²) in [6.07, 6.45) is 2.44. The van der Waals surface area contributed by atoms with Gasteiger partial charge in [-0.15, -0.1) is 0 Å². The van der Waals surface area contributed by atoms with Crippen molar-refractivity contribution in [1.82, 2.24) is 14.9 Å². The lowest BCUT2D eigenvalue weighted by Gasteiger charge is -2.47. The zero-order chi connectivity index (χ0) is 18.5.